The first-order chi connectivity index (χ1) is 10.1. The molecule has 0 saturated carbocycles. The van der Waals surface area contributed by atoms with Gasteiger partial charge in [-0.05, 0) is 18.6 Å². The van der Waals surface area contributed by atoms with Gasteiger partial charge in [0.1, 0.15) is 5.82 Å². The molecule has 1 amide bonds. The average molecular weight is 292 g/mol. The number of aromatic nitrogens is 1. The van der Waals surface area contributed by atoms with Crippen LogP contribution in [0.3, 0.4) is 0 Å². The number of nitrogens with zero attached hydrogens (tertiary/aromatic N) is 2. The van der Waals surface area contributed by atoms with Gasteiger partial charge in [-0.1, -0.05) is 13.0 Å². The third-order valence-corrected chi connectivity index (χ3v) is 3.64. The number of hydrogen-bond donors (Lipinski definition) is 2. The van der Waals surface area contributed by atoms with Crippen LogP contribution in [-0.2, 0) is 16.1 Å². The van der Waals surface area contributed by atoms with Gasteiger partial charge < -0.3 is 20.7 Å². The summed E-state index contributed by atoms with van der Waals surface area (Å²) in [7, 11) is 0. The summed E-state index contributed by atoms with van der Waals surface area (Å²) in [6.07, 6.45) is 2.04. The summed E-state index contributed by atoms with van der Waals surface area (Å²) in [6.45, 7) is 7.18. The quantitative estimate of drug-likeness (QED) is 0.827. The number of anilines is 1. The van der Waals surface area contributed by atoms with E-state index in [1.807, 2.05) is 25.3 Å². The molecule has 1 aromatic heterocycles. The molecule has 116 valence electrons. The smallest absolute Gasteiger partial charge is 0.224 e. The van der Waals surface area contributed by atoms with Crippen LogP contribution in [0.25, 0.3) is 0 Å². The average Bonchev–Trinajstić information content (AvgIpc) is 2.52. The minimum Gasteiger partial charge on any atom is -0.375 e. The van der Waals surface area contributed by atoms with Gasteiger partial charge in [-0.3, -0.25) is 4.79 Å². The molecule has 1 aromatic rings. The zero-order valence-corrected chi connectivity index (χ0v) is 12.7. The van der Waals surface area contributed by atoms with Crippen molar-refractivity contribution >= 4 is 11.7 Å². The largest absolute Gasteiger partial charge is 0.375 e. The van der Waals surface area contributed by atoms with Crippen LogP contribution in [0.1, 0.15) is 19.4 Å². The number of amides is 1. The van der Waals surface area contributed by atoms with Crippen molar-refractivity contribution in [2.45, 2.75) is 26.5 Å². The summed E-state index contributed by atoms with van der Waals surface area (Å²) in [5.74, 6) is 0.770. The highest BCUT2D eigenvalue weighted by Crippen LogP contribution is 2.15. The third kappa shape index (κ3) is 4.41. The van der Waals surface area contributed by atoms with Crippen LogP contribution in [-0.4, -0.2) is 43.2 Å². The fourth-order valence-electron chi connectivity index (χ4n) is 2.21. The molecule has 21 heavy (non-hydrogen) atoms. The van der Waals surface area contributed by atoms with Crippen molar-refractivity contribution in [1.29, 1.82) is 0 Å². The molecular weight excluding hydrogens is 268 g/mol. The number of nitrogens with two attached hydrogens (primary N) is 1. The number of pyridine rings is 1. The topological polar surface area (TPSA) is 80.5 Å². The summed E-state index contributed by atoms with van der Waals surface area (Å²) in [6, 6.07) is 3.99. The molecule has 1 saturated heterocycles. The van der Waals surface area contributed by atoms with E-state index in [9.17, 15) is 4.79 Å². The Morgan fingerprint density at radius 2 is 2.43 bits per heavy atom. The van der Waals surface area contributed by atoms with Crippen molar-refractivity contribution in [3.8, 4) is 0 Å². The minimum absolute atomic E-state index is 0.0245. The zero-order chi connectivity index (χ0) is 15.2. The van der Waals surface area contributed by atoms with Crippen molar-refractivity contribution in [3.05, 3.63) is 23.9 Å². The van der Waals surface area contributed by atoms with Crippen molar-refractivity contribution in [2.75, 3.05) is 31.1 Å². The van der Waals surface area contributed by atoms with Crippen molar-refractivity contribution in [1.82, 2.24) is 10.3 Å². The first-order valence-corrected chi connectivity index (χ1v) is 7.39. The van der Waals surface area contributed by atoms with Crippen LogP contribution < -0.4 is 16.0 Å². The first kappa shape index (κ1) is 15.7. The van der Waals surface area contributed by atoms with E-state index in [0.29, 0.717) is 13.1 Å². The number of ether oxygens (including phenoxy) is 1. The Labute approximate surface area is 125 Å². The Morgan fingerprint density at radius 1 is 1.62 bits per heavy atom. The van der Waals surface area contributed by atoms with Gasteiger partial charge in [0.05, 0.1) is 12.7 Å². The van der Waals surface area contributed by atoms with E-state index >= 15 is 0 Å². The predicted octanol–water partition coefficient (Wildman–Crippen LogP) is 0.518. The molecule has 6 heteroatoms. The van der Waals surface area contributed by atoms with E-state index in [0.717, 1.165) is 31.1 Å². The van der Waals surface area contributed by atoms with Crippen LogP contribution in [0.2, 0.25) is 0 Å². The van der Waals surface area contributed by atoms with E-state index in [1.54, 1.807) is 0 Å². The molecule has 6 nitrogen and oxygen atoms in total. The second kappa shape index (κ2) is 7.38. The van der Waals surface area contributed by atoms with E-state index in [1.165, 1.54) is 0 Å². The molecule has 3 N–H and O–H groups in total. The molecule has 1 aliphatic heterocycles. The Balaban J connectivity index is 1.88. The van der Waals surface area contributed by atoms with Gasteiger partial charge in [0.15, 0.2) is 0 Å². The molecule has 2 atom stereocenters. The van der Waals surface area contributed by atoms with Gasteiger partial charge in [0.2, 0.25) is 5.91 Å². The maximum Gasteiger partial charge on any atom is 0.224 e. The van der Waals surface area contributed by atoms with Crippen LogP contribution >= 0.6 is 0 Å². The van der Waals surface area contributed by atoms with Crippen molar-refractivity contribution < 1.29 is 9.53 Å². The number of carbonyl (C=O) groups excluding carboxylic acids is 1. The monoisotopic (exact) mass is 292 g/mol. The highest BCUT2D eigenvalue weighted by Gasteiger charge is 2.17. The number of nitrogens with one attached hydrogen (secondary N) is 1. The van der Waals surface area contributed by atoms with Gasteiger partial charge in [-0.25, -0.2) is 4.98 Å². The third-order valence-electron chi connectivity index (χ3n) is 3.64. The second-order valence-corrected chi connectivity index (χ2v) is 5.51. The Morgan fingerprint density at radius 3 is 3.05 bits per heavy atom. The predicted molar refractivity (Wildman–Crippen MR) is 81.9 cm³/mol. The van der Waals surface area contributed by atoms with Gasteiger partial charge >= 0.3 is 0 Å². The SMILES string of the molecule is CC1CN(c2ccc(CNC(=O)C(C)CN)cn2)CCO1. The van der Waals surface area contributed by atoms with Gasteiger partial charge in [0, 0.05) is 38.3 Å². The van der Waals surface area contributed by atoms with Crippen molar-refractivity contribution in [2.24, 2.45) is 11.7 Å². The maximum atomic E-state index is 11.7. The number of morpholine rings is 1. The first-order valence-electron chi connectivity index (χ1n) is 7.39. The summed E-state index contributed by atoms with van der Waals surface area (Å²) < 4.78 is 5.52. The molecule has 1 aliphatic rings. The number of carbonyl (C=O) groups is 1. The van der Waals surface area contributed by atoms with Crippen LogP contribution in [0, 0.1) is 5.92 Å². The van der Waals surface area contributed by atoms with E-state index in [4.69, 9.17) is 10.5 Å². The lowest BCUT2D eigenvalue weighted by Crippen LogP contribution is -2.41. The zero-order valence-electron chi connectivity index (χ0n) is 12.7. The molecule has 2 rings (SSSR count). The van der Waals surface area contributed by atoms with Gasteiger partial charge in [-0.15, -0.1) is 0 Å². The van der Waals surface area contributed by atoms with Gasteiger partial charge in [0.25, 0.3) is 0 Å². The fourth-order valence-corrected chi connectivity index (χ4v) is 2.21. The molecule has 0 aliphatic carbocycles. The van der Waals surface area contributed by atoms with Crippen molar-refractivity contribution in [3.63, 3.8) is 0 Å². The Kier molecular flexibility index (Phi) is 5.52. The summed E-state index contributed by atoms with van der Waals surface area (Å²) >= 11 is 0. The maximum absolute atomic E-state index is 11.7. The normalized spacial score (nSPS) is 20.1. The summed E-state index contributed by atoms with van der Waals surface area (Å²) in [4.78, 5) is 18.4. The lowest BCUT2D eigenvalue weighted by Gasteiger charge is -2.32. The minimum atomic E-state index is -0.160. The highest BCUT2D eigenvalue weighted by molar-refractivity contribution is 5.78. The molecule has 2 unspecified atom stereocenters. The Hall–Kier alpha value is -1.66. The number of hydrogen-bond acceptors (Lipinski definition) is 5. The molecule has 2 heterocycles. The molecule has 0 radical (unpaired) electrons. The summed E-state index contributed by atoms with van der Waals surface area (Å²) in [5, 5.41) is 2.86. The fraction of sp³-hybridized carbons (Fsp3) is 0.600. The molecule has 0 bridgehead atoms. The van der Waals surface area contributed by atoms with E-state index in [-0.39, 0.29) is 17.9 Å². The Bertz CT molecular complexity index is 463. The number of rotatable bonds is 5. The molecule has 0 spiro atoms. The molecule has 1 fully saturated rings. The van der Waals surface area contributed by atoms with Crippen LogP contribution in [0.15, 0.2) is 18.3 Å². The lowest BCUT2D eigenvalue weighted by molar-refractivity contribution is -0.124. The standard InChI is InChI=1S/C15H24N4O2/c1-11(7-16)15(20)18-9-13-3-4-14(17-8-13)19-5-6-21-12(2)10-19/h3-4,8,11-12H,5-7,9-10,16H2,1-2H3,(H,18,20). The second-order valence-electron chi connectivity index (χ2n) is 5.51. The molecule has 0 aromatic carbocycles. The summed E-state index contributed by atoms with van der Waals surface area (Å²) in [5.41, 5.74) is 6.45. The van der Waals surface area contributed by atoms with Gasteiger partial charge in [-0.2, -0.15) is 0 Å². The lowest BCUT2D eigenvalue weighted by atomic mass is 10.1. The van der Waals surface area contributed by atoms with Crippen LogP contribution in [0.4, 0.5) is 5.82 Å². The molecular formula is C15H24N4O2. The van der Waals surface area contributed by atoms with E-state index in [2.05, 4.69) is 22.1 Å². The van der Waals surface area contributed by atoms with E-state index < -0.39 is 0 Å². The van der Waals surface area contributed by atoms with Crippen LogP contribution in [0.5, 0.6) is 0 Å². The highest BCUT2D eigenvalue weighted by atomic mass is 16.5.